The summed E-state index contributed by atoms with van der Waals surface area (Å²) < 4.78 is 5.97. The second-order valence-corrected chi connectivity index (χ2v) is 7.03. The molecular formula is C18H14BrN3O3S. The number of benzene rings is 1. The fourth-order valence-electron chi connectivity index (χ4n) is 2.22. The average molecular weight is 432 g/mol. The van der Waals surface area contributed by atoms with Crippen molar-refractivity contribution < 1.29 is 14.3 Å². The Balaban J connectivity index is 1.71. The molecule has 0 saturated heterocycles. The molecule has 0 bridgehead atoms. The van der Waals surface area contributed by atoms with Crippen molar-refractivity contribution in [2.75, 3.05) is 4.90 Å². The summed E-state index contributed by atoms with van der Waals surface area (Å²) in [5, 5.41) is 2.29. The molecule has 3 rings (SSSR count). The molecule has 1 aromatic carbocycles. The summed E-state index contributed by atoms with van der Waals surface area (Å²) in [7, 11) is 0. The number of hydrogen-bond donors (Lipinski definition) is 0. The van der Waals surface area contributed by atoms with Crippen molar-refractivity contribution in [2.45, 2.75) is 13.5 Å². The fourth-order valence-corrected chi connectivity index (χ4v) is 3.45. The van der Waals surface area contributed by atoms with Crippen molar-refractivity contribution in [2.24, 2.45) is 0 Å². The number of anilines is 2. The first-order chi connectivity index (χ1) is 12.5. The van der Waals surface area contributed by atoms with E-state index in [9.17, 15) is 9.59 Å². The van der Waals surface area contributed by atoms with Crippen LogP contribution in [0.4, 0.5) is 10.8 Å². The molecule has 1 amide bonds. The molecule has 0 unspecified atom stereocenters. The molecule has 3 aromatic rings. The van der Waals surface area contributed by atoms with Gasteiger partial charge in [-0.1, -0.05) is 18.2 Å². The summed E-state index contributed by atoms with van der Waals surface area (Å²) in [5.41, 5.74) is 1.66. The number of halogens is 1. The van der Waals surface area contributed by atoms with Crippen molar-refractivity contribution in [1.29, 1.82) is 0 Å². The number of rotatable bonds is 5. The molecule has 132 valence electrons. The monoisotopic (exact) mass is 431 g/mol. The number of nitrogens with zero attached hydrogens (tertiary/aromatic N) is 3. The minimum atomic E-state index is -0.486. The Hall–Kier alpha value is -2.58. The van der Waals surface area contributed by atoms with E-state index in [1.165, 1.54) is 29.4 Å². The maximum Gasteiger partial charge on any atom is 0.340 e. The normalized spacial score (nSPS) is 10.4. The number of amides is 1. The minimum Gasteiger partial charge on any atom is -0.456 e. The lowest BCUT2D eigenvalue weighted by Gasteiger charge is -2.17. The first kappa shape index (κ1) is 18.2. The summed E-state index contributed by atoms with van der Waals surface area (Å²) in [6.07, 6.45) is 3.02. The molecule has 6 nitrogen and oxygen atoms in total. The number of thiazole rings is 1. The molecule has 0 radical (unpaired) electrons. The van der Waals surface area contributed by atoms with E-state index in [-0.39, 0.29) is 12.5 Å². The number of ether oxygens (including phenoxy) is 1. The lowest BCUT2D eigenvalue weighted by atomic mass is 10.3. The smallest absolute Gasteiger partial charge is 0.340 e. The van der Waals surface area contributed by atoms with Gasteiger partial charge in [-0.25, -0.2) is 9.78 Å². The van der Waals surface area contributed by atoms with Crippen molar-refractivity contribution in [1.82, 2.24) is 9.97 Å². The molecular weight excluding hydrogens is 418 g/mol. The van der Waals surface area contributed by atoms with Gasteiger partial charge in [0.25, 0.3) is 0 Å². The Morgan fingerprint density at radius 2 is 2.00 bits per heavy atom. The Morgan fingerprint density at radius 3 is 2.69 bits per heavy atom. The average Bonchev–Trinajstić information content (AvgIpc) is 3.09. The van der Waals surface area contributed by atoms with Crippen LogP contribution in [0.15, 0.2) is 58.6 Å². The van der Waals surface area contributed by atoms with E-state index >= 15 is 0 Å². The molecule has 0 aliphatic carbocycles. The molecule has 0 atom stereocenters. The predicted octanol–water partition coefficient (Wildman–Crippen LogP) is 4.34. The van der Waals surface area contributed by atoms with Gasteiger partial charge in [0.05, 0.1) is 16.9 Å². The van der Waals surface area contributed by atoms with Gasteiger partial charge in [-0.3, -0.25) is 14.7 Å². The highest BCUT2D eigenvalue weighted by atomic mass is 79.9. The zero-order valence-corrected chi connectivity index (χ0v) is 16.2. The van der Waals surface area contributed by atoms with E-state index in [0.717, 1.165) is 5.69 Å². The zero-order chi connectivity index (χ0) is 18.5. The van der Waals surface area contributed by atoms with Gasteiger partial charge >= 0.3 is 5.97 Å². The number of pyridine rings is 1. The maximum absolute atomic E-state index is 12.1. The van der Waals surface area contributed by atoms with E-state index < -0.39 is 5.97 Å². The lowest BCUT2D eigenvalue weighted by molar-refractivity contribution is -0.115. The van der Waals surface area contributed by atoms with Gasteiger partial charge in [0.1, 0.15) is 6.61 Å². The lowest BCUT2D eigenvalue weighted by Crippen LogP contribution is -2.22. The first-order valence-corrected chi connectivity index (χ1v) is 9.29. The Bertz CT molecular complexity index is 930. The van der Waals surface area contributed by atoms with Crippen molar-refractivity contribution in [3.8, 4) is 0 Å². The van der Waals surface area contributed by atoms with E-state index in [1.54, 1.807) is 17.6 Å². The number of hydrogen-bond acceptors (Lipinski definition) is 6. The topological polar surface area (TPSA) is 72.4 Å². The molecule has 26 heavy (non-hydrogen) atoms. The SMILES string of the molecule is CC(=O)N(c1ccccc1)c1nc(COC(=O)c2cncc(Br)c2)cs1. The summed E-state index contributed by atoms with van der Waals surface area (Å²) in [5.74, 6) is -0.630. The third kappa shape index (κ3) is 4.33. The highest BCUT2D eigenvalue weighted by Crippen LogP contribution is 2.29. The van der Waals surface area contributed by atoms with Gasteiger partial charge in [0, 0.05) is 29.2 Å². The standard InChI is InChI=1S/C18H14BrN3O3S/c1-12(23)22(16-5-3-2-4-6-16)18-21-15(11-26-18)10-25-17(24)13-7-14(19)9-20-8-13/h2-9,11H,10H2,1H3. The maximum atomic E-state index is 12.1. The van der Waals surface area contributed by atoms with Gasteiger partial charge in [0.15, 0.2) is 5.13 Å². The van der Waals surface area contributed by atoms with Crippen LogP contribution in [-0.2, 0) is 16.1 Å². The first-order valence-electron chi connectivity index (χ1n) is 7.62. The van der Waals surface area contributed by atoms with Crippen LogP contribution in [0.2, 0.25) is 0 Å². The van der Waals surface area contributed by atoms with E-state index in [1.807, 2.05) is 30.3 Å². The highest BCUT2D eigenvalue weighted by molar-refractivity contribution is 9.10. The highest BCUT2D eigenvalue weighted by Gasteiger charge is 2.18. The van der Waals surface area contributed by atoms with Gasteiger partial charge in [-0.05, 0) is 34.1 Å². The number of para-hydroxylation sites is 1. The van der Waals surface area contributed by atoms with Crippen LogP contribution in [0.5, 0.6) is 0 Å². The minimum absolute atomic E-state index is 0.0163. The Labute approximate surface area is 162 Å². The zero-order valence-electron chi connectivity index (χ0n) is 13.8. The van der Waals surface area contributed by atoms with Crippen LogP contribution in [0, 0.1) is 0 Å². The van der Waals surface area contributed by atoms with Crippen LogP contribution < -0.4 is 4.90 Å². The molecule has 0 aliphatic rings. The Kier molecular flexibility index (Phi) is 5.75. The largest absolute Gasteiger partial charge is 0.456 e. The van der Waals surface area contributed by atoms with Crippen molar-refractivity contribution in [3.63, 3.8) is 0 Å². The van der Waals surface area contributed by atoms with Gasteiger partial charge < -0.3 is 4.74 Å². The molecule has 0 fully saturated rings. The number of aromatic nitrogens is 2. The number of carbonyl (C=O) groups excluding carboxylic acids is 2. The van der Waals surface area contributed by atoms with Crippen LogP contribution >= 0.6 is 27.3 Å². The molecule has 0 N–H and O–H groups in total. The predicted molar refractivity (Wildman–Crippen MR) is 102 cm³/mol. The molecule has 0 spiro atoms. The van der Waals surface area contributed by atoms with Crippen molar-refractivity contribution in [3.05, 3.63) is 69.9 Å². The van der Waals surface area contributed by atoms with E-state index in [4.69, 9.17) is 4.74 Å². The van der Waals surface area contributed by atoms with Crippen LogP contribution in [0.3, 0.4) is 0 Å². The summed E-state index contributed by atoms with van der Waals surface area (Å²) in [6, 6.07) is 10.9. The fraction of sp³-hybridized carbons (Fsp3) is 0.111. The van der Waals surface area contributed by atoms with Crippen molar-refractivity contribution >= 4 is 50.0 Å². The third-order valence-corrected chi connectivity index (χ3v) is 4.66. The van der Waals surface area contributed by atoms with Crippen LogP contribution in [-0.4, -0.2) is 21.8 Å². The number of esters is 1. The number of carbonyl (C=O) groups is 2. The van der Waals surface area contributed by atoms with Gasteiger partial charge in [-0.2, -0.15) is 0 Å². The Morgan fingerprint density at radius 1 is 1.23 bits per heavy atom. The molecule has 2 heterocycles. The van der Waals surface area contributed by atoms with Gasteiger partial charge in [0.2, 0.25) is 5.91 Å². The third-order valence-electron chi connectivity index (χ3n) is 3.35. The van der Waals surface area contributed by atoms with Crippen LogP contribution in [0.1, 0.15) is 23.0 Å². The summed E-state index contributed by atoms with van der Waals surface area (Å²) in [4.78, 5) is 34.0. The molecule has 0 aliphatic heterocycles. The summed E-state index contributed by atoms with van der Waals surface area (Å²) in [6.45, 7) is 1.50. The molecule has 8 heteroatoms. The van der Waals surface area contributed by atoms with E-state index in [2.05, 4.69) is 25.9 Å². The second kappa shape index (κ2) is 8.20. The quantitative estimate of drug-likeness (QED) is 0.561. The molecule has 0 saturated carbocycles. The second-order valence-electron chi connectivity index (χ2n) is 5.28. The van der Waals surface area contributed by atoms with E-state index in [0.29, 0.717) is 20.9 Å². The van der Waals surface area contributed by atoms with Crippen LogP contribution in [0.25, 0.3) is 0 Å². The van der Waals surface area contributed by atoms with Gasteiger partial charge in [-0.15, -0.1) is 11.3 Å². The summed E-state index contributed by atoms with van der Waals surface area (Å²) >= 11 is 4.58. The molecule has 2 aromatic heterocycles.